The normalized spacial score (nSPS) is 15.4. The van der Waals surface area contributed by atoms with Crippen LogP contribution in [-0.2, 0) is 0 Å². The van der Waals surface area contributed by atoms with E-state index in [2.05, 4.69) is 21.2 Å². The monoisotopic (exact) mass is 296 g/mol. The number of nitrogens with one attached hydrogen (secondary N) is 1. The summed E-state index contributed by atoms with van der Waals surface area (Å²) in [7, 11) is 0. The van der Waals surface area contributed by atoms with E-state index in [0.717, 1.165) is 18.9 Å². The molecule has 0 heterocycles. The van der Waals surface area contributed by atoms with E-state index >= 15 is 0 Å². The first-order chi connectivity index (χ1) is 8.18. The predicted octanol–water partition coefficient (Wildman–Crippen LogP) is 2.95. The summed E-state index contributed by atoms with van der Waals surface area (Å²) in [5.74, 6) is 0.767. The van der Waals surface area contributed by atoms with Gasteiger partial charge in [0.2, 0.25) is 0 Å². The predicted molar refractivity (Wildman–Crippen MR) is 72.8 cm³/mol. The van der Waals surface area contributed by atoms with Crippen molar-refractivity contribution in [2.24, 2.45) is 5.92 Å². The smallest absolute Gasteiger partial charge is 0.252 e. The number of carbonyl (C=O) groups is 1. The number of rotatable bonds is 4. The van der Waals surface area contributed by atoms with E-state index in [1.165, 1.54) is 19.3 Å². The Labute approximate surface area is 110 Å². The molecule has 1 aromatic rings. The van der Waals surface area contributed by atoms with Gasteiger partial charge in [-0.05, 0) is 40.4 Å². The van der Waals surface area contributed by atoms with E-state index in [-0.39, 0.29) is 5.91 Å². The average Bonchev–Trinajstić information content (AvgIpc) is 2.25. The van der Waals surface area contributed by atoms with Crippen molar-refractivity contribution in [2.75, 3.05) is 12.3 Å². The van der Waals surface area contributed by atoms with Gasteiger partial charge in [0.25, 0.3) is 5.91 Å². The molecule has 1 amide bonds. The van der Waals surface area contributed by atoms with Crippen LogP contribution in [0, 0.1) is 5.92 Å². The second kappa shape index (κ2) is 5.54. The molecule has 1 fully saturated rings. The standard InChI is InChI=1S/C13H17BrN2O/c14-12-10(5-2-6-11(12)15)13(17)16-8-7-9-3-1-4-9/h2,5-6,9H,1,3-4,7-8,15H2,(H,16,17). The van der Waals surface area contributed by atoms with Gasteiger partial charge in [-0.2, -0.15) is 0 Å². The quantitative estimate of drug-likeness (QED) is 0.840. The molecule has 0 saturated heterocycles. The van der Waals surface area contributed by atoms with Crippen LogP contribution >= 0.6 is 15.9 Å². The zero-order valence-electron chi connectivity index (χ0n) is 9.71. The molecular formula is C13H17BrN2O. The van der Waals surface area contributed by atoms with Crippen LogP contribution in [-0.4, -0.2) is 12.5 Å². The van der Waals surface area contributed by atoms with Gasteiger partial charge in [0.05, 0.1) is 10.0 Å². The highest BCUT2D eigenvalue weighted by atomic mass is 79.9. The fraction of sp³-hybridized carbons (Fsp3) is 0.462. The van der Waals surface area contributed by atoms with E-state index in [4.69, 9.17) is 5.73 Å². The molecular weight excluding hydrogens is 280 g/mol. The molecule has 3 N–H and O–H groups in total. The Morgan fingerprint density at radius 3 is 2.88 bits per heavy atom. The summed E-state index contributed by atoms with van der Waals surface area (Å²) in [4.78, 5) is 11.9. The molecule has 0 spiro atoms. The largest absolute Gasteiger partial charge is 0.398 e. The minimum atomic E-state index is -0.0523. The number of halogens is 1. The van der Waals surface area contributed by atoms with Crippen LogP contribution in [0.5, 0.6) is 0 Å². The average molecular weight is 297 g/mol. The number of hydrogen-bond acceptors (Lipinski definition) is 2. The second-order valence-electron chi connectivity index (χ2n) is 4.55. The molecule has 0 bridgehead atoms. The molecule has 1 aromatic carbocycles. The lowest BCUT2D eigenvalue weighted by Crippen LogP contribution is -2.27. The lowest BCUT2D eigenvalue weighted by molar-refractivity contribution is 0.0948. The number of nitrogen functional groups attached to an aromatic ring is 1. The molecule has 1 aliphatic carbocycles. The summed E-state index contributed by atoms with van der Waals surface area (Å²) < 4.78 is 0.682. The first-order valence-corrected chi connectivity index (χ1v) is 6.80. The molecule has 0 aliphatic heterocycles. The minimum Gasteiger partial charge on any atom is -0.398 e. The van der Waals surface area contributed by atoms with E-state index in [0.29, 0.717) is 15.7 Å². The Morgan fingerprint density at radius 1 is 1.47 bits per heavy atom. The number of hydrogen-bond donors (Lipinski definition) is 2. The Kier molecular flexibility index (Phi) is 4.05. The Bertz CT molecular complexity index is 416. The number of anilines is 1. The Hall–Kier alpha value is -1.03. The first kappa shape index (κ1) is 12.4. The van der Waals surface area contributed by atoms with Crippen LogP contribution in [0.15, 0.2) is 22.7 Å². The molecule has 92 valence electrons. The molecule has 3 nitrogen and oxygen atoms in total. The molecule has 0 aromatic heterocycles. The molecule has 1 saturated carbocycles. The van der Waals surface area contributed by atoms with Crippen LogP contribution in [0.1, 0.15) is 36.0 Å². The van der Waals surface area contributed by atoms with E-state index < -0.39 is 0 Å². The summed E-state index contributed by atoms with van der Waals surface area (Å²) in [6.07, 6.45) is 5.07. The van der Waals surface area contributed by atoms with Gasteiger partial charge in [-0.25, -0.2) is 0 Å². The first-order valence-electron chi connectivity index (χ1n) is 6.00. The Balaban J connectivity index is 1.87. The molecule has 0 atom stereocenters. The van der Waals surface area contributed by atoms with Crippen molar-refractivity contribution in [3.8, 4) is 0 Å². The molecule has 1 aliphatic rings. The van der Waals surface area contributed by atoms with Gasteiger partial charge in [-0.1, -0.05) is 25.3 Å². The fourth-order valence-electron chi connectivity index (χ4n) is 1.99. The van der Waals surface area contributed by atoms with E-state index in [9.17, 15) is 4.79 Å². The van der Waals surface area contributed by atoms with Crippen molar-refractivity contribution in [1.29, 1.82) is 0 Å². The van der Waals surface area contributed by atoms with Gasteiger partial charge in [0.15, 0.2) is 0 Å². The maximum absolute atomic E-state index is 11.9. The maximum atomic E-state index is 11.9. The van der Waals surface area contributed by atoms with Crippen LogP contribution in [0.2, 0.25) is 0 Å². The van der Waals surface area contributed by atoms with Gasteiger partial charge < -0.3 is 11.1 Å². The topological polar surface area (TPSA) is 55.1 Å². The summed E-state index contributed by atoms with van der Waals surface area (Å²) >= 11 is 3.34. The van der Waals surface area contributed by atoms with Crippen LogP contribution in [0.3, 0.4) is 0 Å². The summed E-state index contributed by atoms with van der Waals surface area (Å²) in [5, 5.41) is 2.94. The van der Waals surface area contributed by atoms with Crippen LogP contribution < -0.4 is 11.1 Å². The lowest BCUT2D eigenvalue weighted by atomic mass is 9.83. The summed E-state index contributed by atoms with van der Waals surface area (Å²) in [6.45, 7) is 0.755. The van der Waals surface area contributed by atoms with Crippen molar-refractivity contribution in [2.45, 2.75) is 25.7 Å². The summed E-state index contributed by atoms with van der Waals surface area (Å²) in [6, 6.07) is 5.34. The highest BCUT2D eigenvalue weighted by Crippen LogP contribution is 2.29. The number of amides is 1. The van der Waals surface area contributed by atoms with Crippen molar-refractivity contribution in [1.82, 2.24) is 5.32 Å². The molecule has 0 radical (unpaired) electrons. The Morgan fingerprint density at radius 2 is 2.24 bits per heavy atom. The third-order valence-electron chi connectivity index (χ3n) is 3.34. The van der Waals surface area contributed by atoms with Crippen molar-refractivity contribution in [3.63, 3.8) is 0 Å². The third-order valence-corrected chi connectivity index (χ3v) is 4.22. The van der Waals surface area contributed by atoms with Crippen molar-refractivity contribution in [3.05, 3.63) is 28.2 Å². The zero-order chi connectivity index (χ0) is 12.3. The summed E-state index contributed by atoms with van der Waals surface area (Å²) in [5.41, 5.74) is 6.94. The van der Waals surface area contributed by atoms with Crippen molar-refractivity contribution >= 4 is 27.5 Å². The van der Waals surface area contributed by atoms with Crippen molar-refractivity contribution < 1.29 is 4.79 Å². The number of carbonyl (C=O) groups excluding carboxylic acids is 1. The SMILES string of the molecule is Nc1cccc(C(=O)NCCC2CCC2)c1Br. The number of benzene rings is 1. The molecule has 2 rings (SSSR count). The second-order valence-corrected chi connectivity index (χ2v) is 5.34. The molecule has 17 heavy (non-hydrogen) atoms. The van der Waals surface area contributed by atoms with E-state index in [1.807, 2.05) is 0 Å². The minimum absolute atomic E-state index is 0.0523. The van der Waals surface area contributed by atoms with Crippen LogP contribution in [0.25, 0.3) is 0 Å². The highest BCUT2D eigenvalue weighted by Gasteiger charge is 2.17. The van der Waals surface area contributed by atoms with Gasteiger partial charge in [-0.15, -0.1) is 0 Å². The lowest BCUT2D eigenvalue weighted by Gasteiger charge is -2.25. The third kappa shape index (κ3) is 3.00. The number of nitrogens with two attached hydrogens (primary N) is 1. The fourth-order valence-corrected chi connectivity index (χ4v) is 2.44. The van der Waals surface area contributed by atoms with Crippen LogP contribution in [0.4, 0.5) is 5.69 Å². The maximum Gasteiger partial charge on any atom is 0.252 e. The zero-order valence-corrected chi connectivity index (χ0v) is 11.3. The van der Waals surface area contributed by atoms with E-state index in [1.54, 1.807) is 18.2 Å². The van der Waals surface area contributed by atoms with Gasteiger partial charge in [0, 0.05) is 12.2 Å². The van der Waals surface area contributed by atoms with Gasteiger partial charge in [-0.3, -0.25) is 4.79 Å². The molecule has 0 unspecified atom stereocenters. The van der Waals surface area contributed by atoms with Gasteiger partial charge >= 0.3 is 0 Å². The van der Waals surface area contributed by atoms with Gasteiger partial charge in [0.1, 0.15) is 0 Å². The highest BCUT2D eigenvalue weighted by molar-refractivity contribution is 9.10. The molecule has 4 heteroatoms.